The lowest BCUT2D eigenvalue weighted by Gasteiger charge is -2.27. The lowest BCUT2D eigenvalue weighted by Crippen LogP contribution is -2.48. The van der Waals surface area contributed by atoms with Crippen LogP contribution in [0.15, 0.2) is 30.5 Å². The van der Waals surface area contributed by atoms with Gasteiger partial charge >= 0.3 is 12.0 Å². The van der Waals surface area contributed by atoms with Crippen LogP contribution in [-0.2, 0) is 0 Å². The highest BCUT2D eigenvalue weighted by Gasteiger charge is 2.55. The lowest BCUT2D eigenvalue weighted by molar-refractivity contribution is -0.310. The van der Waals surface area contributed by atoms with Gasteiger partial charge in [-0.15, -0.1) is 0 Å². The standard InChI is InChI=1S/C10H7ClF3NO2/c11-6-1-2-8-7(5-6)15-4-3-9(16,17-8)10(12,13)14/h1-5,15-16H. The summed E-state index contributed by atoms with van der Waals surface area (Å²) < 4.78 is 42.4. The molecule has 0 saturated heterocycles. The van der Waals surface area contributed by atoms with Crippen LogP contribution in [-0.4, -0.2) is 17.1 Å². The second-order valence-electron chi connectivity index (χ2n) is 3.41. The molecular weight excluding hydrogens is 259 g/mol. The van der Waals surface area contributed by atoms with Gasteiger partial charge in [0.15, 0.2) is 0 Å². The Morgan fingerprint density at radius 1 is 1.35 bits per heavy atom. The summed E-state index contributed by atoms with van der Waals surface area (Å²) >= 11 is 5.69. The first-order valence-electron chi connectivity index (χ1n) is 4.54. The van der Waals surface area contributed by atoms with Gasteiger partial charge in [0.2, 0.25) is 0 Å². The molecule has 17 heavy (non-hydrogen) atoms. The summed E-state index contributed by atoms with van der Waals surface area (Å²) in [5, 5.41) is 12.3. The van der Waals surface area contributed by atoms with E-state index in [4.69, 9.17) is 11.6 Å². The molecular formula is C10H7ClF3NO2. The highest BCUT2D eigenvalue weighted by Crippen LogP contribution is 2.39. The van der Waals surface area contributed by atoms with Crippen molar-refractivity contribution in [2.45, 2.75) is 12.0 Å². The molecule has 1 heterocycles. The van der Waals surface area contributed by atoms with Gasteiger partial charge in [-0.2, -0.15) is 13.2 Å². The summed E-state index contributed by atoms with van der Waals surface area (Å²) in [4.78, 5) is 0. The molecule has 2 rings (SSSR count). The monoisotopic (exact) mass is 265 g/mol. The maximum Gasteiger partial charge on any atom is 0.459 e. The topological polar surface area (TPSA) is 41.5 Å². The van der Waals surface area contributed by atoms with E-state index in [1.54, 1.807) is 0 Å². The molecule has 2 N–H and O–H groups in total. The first-order valence-corrected chi connectivity index (χ1v) is 4.91. The van der Waals surface area contributed by atoms with Crippen molar-refractivity contribution in [1.29, 1.82) is 0 Å². The second-order valence-corrected chi connectivity index (χ2v) is 3.85. The molecule has 3 nitrogen and oxygen atoms in total. The number of nitrogens with one attached hydrogen (secondary N) is 1. The van der Waals surface area contributed by atoms with E-state index in [0.717, 1.165) is 6.20 Å². The molecule has 0 amide bonds. The zero-order chi connectivity index (χ0) is 12.7. The molecule has 1 aromatic rings. The predicted octanol–water partition coefficient (Wildman–Crippen LogP) is 2.91. The van der Waals surface area contributed by atoms with E-state index >= 15 is 0 Å². The van der Waals surface area contributed by atoms with Crippen molar-refractivity contribution in [3.63, 3.8) is 0 Å². The molecule has 0 aliphatic carbocycles. The van der Waals surface area contributed by atoms with Gasteiger partial charge in [0.25, 0.3) is 0 Å². The molecule has 0 saturated carbocycles. The maximum atomic E-state index is 12.6. The number of alkyl halides is 3. The number of hydrogen-bond acceptors (Lipinski definition) is 3. The summed E-state index contributed by atoms with van der Waals surface area (Å²) in [5.41, 5.74) is 0.244. The fourth-order valence-electron chi connectivity index (χ4n) is 1.30. The smallest absolute Gasteiger partial charge is 0.448 e. The molecule has 7 heteroatoms. The molecule has 0 bridgehead atoms. The maximum absolute atomic E-state index is 12.6. The largest absolute Gasteiger partial charge is 0.459 e. The highest BCUT2D eigenvalue weighted by atomic mass is 35.5. The molecule has 1 atom stereocenters. The van der Waals surface area contributed by atoms with Crippen molar-refractivity contribution in [3.05, 3.63) is 35.5 Å². The van der Waals surface area contributed by atoms with Crippen LogP contribution in [0.2, 0.25) is 5.02 Å². The Kier molecular flexibility index (Phi) is 2.71. The average molecular weight is 266 g/mol. The lowest BCUT2D eigenvalue weighted by atomic mass is 10.2. The van der Waals surface area contributed by atoms with Crippen molar-refractivity contribution in [3.8, 4) is 5.75 Å². The summed E-state index contributed by atoms with van der Waals surface area (Å²) in [6.45, 7) is 0. The number of rotatable bonds is 0. The van der Waals surface area contributed by atoms with Crippen LogP contribution in [0.4, 0.5) is 18.9 Å². The number of hydrogen-bond donors (Lipinski definition) is 2. The highest BCUT2D eigenvalue weighted by molar-refractivity contribution is 6.30. The molecule has 1 aliphatic heterocycles. The summed E-state index contributed by atoms with van der Waals surface area (Å²) in [5.74, 6) is -3.49. The van der Waals surface area contributed by atoms with Gasteiger partial charge in [-0.1, -0.05) is 11.6 Å². The van der Waals surface area contributed by atoms with E-state index in [1.165, 1.54) is 18.2 Å². The van der Waals surface area contributed by atoms with Gasteiger partial charge in [0, 0.05) is 17.3 Å². The Balaban J connectivity index is 2.44. The zero-order valence-corrected chi connectivity index (χ0v) is 9.01. The van der Waals surface area contributed by atoms with Gasteiger partial charge in [0.1, 0.15) is 5.75 Å². The van der Waals surface area contributed by atoms with E-state index in [-0.39, 0.29) is 11.4 Å². The third-order valence-corrected chi connectivity index (χ3v) is 2.40. The van der Waals surface area contributed by atoms with Crippen molar-refractivity contribution < 1.29 is 23.0 Å². The van der Waals surface area contributed by atoms with Crippen molar-refractivity contribution >= 4 is 17.3 Å². The number of benzene rings is 1. The summed E-state index contributed by atoms with van der Waals surface area (Å²) in [7, 11) is 0. The molecule has 0 fully saturated rings. The molecule has 1 unspecified atom stereocenters. The minimum atomic E-state index is -4.94. The van der Waals surface area contributed by atoms with E-state index < -0.39 is 12.0 Å². The SMILES string of the molecule is OC1(C(F)(F)F)C=CNc2cc(Cl)ccc2O1. The first kappa shape index (κ1) is 12.1. The Morgan fingerprint density at radius 3 is 2.71 bits per heavy atom. The van der Waals surface area contributed by atoms with Crippen LogP contribution in [0.5, 0.6) is 5.75 Å². The minimum Gasteiger partial charge on any atom is -0.448 e. The minimum absolute atomic E-state index is 0.140. The van der Waals surface area contributed by atoms with Crippen molar-refractivity contribution in [2.75, 3.05) is 5.32 Å². The van der Waals surface area contributed by atoms with Gasteiger partial charge in [-0.05, 0) is 18.2 Å². The quantitative estimate of drug-likeness (QED) is 0.758. The summed E-state index contributed by atoms with van der Waals surface area (Å²) in [6, 6.07) is 4.00. The average Bonchev–Trinajstić information content (AvgIpc) is 2.36. The van der Waals surface area contributed by atoms with E-state index in [2.05, 4.69) is 10.1 Å². The van der Waals surface area contributed by atoms with E-state index in [9.17, 15) is 18.3 Å². The number of aliphatic hydroxyl groups is 1. The van der Waals surface area contributed by atoms with Crippen molar-refractivity contribution in [1.82, 2.24) is 0 Å². The van der Waals surface area contributed by atoms with Crippen LogP contribution in [0.1, 0.15) is 0 Å². The number of anilines is 1. The van der Waals surface area contributed by atoms with Crippen LogP contribution in [0, 0.1) is 0 Å². The summed E-state index contributed by atoms with van der Waals surface area (Å²) in [6.07, 6.45) is -3.50. The Labute approximate surface area is 99.5 Å². The fourth-order valence-corrected chi connectivity index (χ4v) is 1.47. The van der Waals surface area contributed by atoms with Gasteiger partial charge in [-0.3, -0.25) is 0 Å². The van der Waals surface area contributed by atoms with Crippen molar-refractivity contribution in [2.24, 2.45) is 0 Å². The zero-order valence-electron chi connectivity index (χ0n) is 8.25. The molecule has 92 valence electrons. The predicted molar refractivity (Wildman–Crippen MR) is 55.8 cm³/mol. The number of ether oxygens (including phenoxy) is 1. The second kappa shape index (κ2) is 3.82. The van der Waals surface area contributed by atoms with Crippen LogP contribution in [0.25, 0.3) is 0 Å². The Hall–Kier alpha value is -1.40. The number of fused-ring (bicyclic) bond motifs is 1. The van der Waals surface area contributed by atoms with E-state index in [0.29, 0.717) is 11.1 Å². The van der Waals surface area contributed by atoms with Gasteiger partial charge < -0.3 is 15.2 Å². The Morgan fingerprint density at radius 2 is 2.06 bits per heavy atom. The molecule has 1 aromatic carbocycles. The molecule has 1 aliphatic rings. The van der Waals surface area contributed by atoms with Crippen LogP contribution in [0.3, 0.4) is 0 Å². The van der Waals surface area contributed by atoms with E-state index in [1.807, 2.05) is 0 Å². The molecule has 0 aromatic heterocycles. The normalized spacial score (nSPS) is 23.4. The number of halogens is 4. The van der Waals surface area contributed by atoms with Crippen LogP contribution >= 0.6 is 11.6 Å². The third kappa shape index (κ3) is 2.18. The molecule has 0 radical (unpaired) electrons. The van der Waals surface area contributed by atoms with Gasteiger partial charge in [0.05, 0.1) is 5.69 Å². The third-order valence-electron chi connectivity index (χ3n) is 2.16. The van der Waals surface area contributed by atoms with Crippen LogP contribution < -0.4 is 10.1 Å². The fraction of sp³-hybridized carbons (Fsp3) is 0.200. The first-order chi connectivity index (χ1) is 7.82. The Bertz CT molecular complexity index is 475. The molecule has 0 spiro atoms. The van der Waals surface area contributed by atoms with Gasteiger partial charge in [-0.25, -0.2) is 0 Å².